The molecule has 1 aliphatic heterocycles. The fraction of sp³-hybridized carbons (Fsp3) is 0.205. The van der Waals surface area contributed by atoms with E-state index in [1.165, 1.54) is 21.9 Å². The van der Waals surface area contributed by atoms with E-state index in [0.717, 1.165) is 33.8 Å². The molecule has 218 valence electrons. The van der Waals surface area contributed by atoms with E-state index >= 15 is 0 Å². The molecule has 0 fully saturated rings. The Morgan fingerprint density at radius 3 is 1.23 bits per heavy atom. The van der Waals surface area contributed by atoms with Gasteiger partial charge in [0.05, 0.1) is 0 Å². The maximum Gasteiger partial charge on any atom is 1.00 e. The van der Waals surface area contributed by atoms with Crippen LogP contribution < -0.4 is 14.1 Å². The molecule has 0 radical (unpaired) electrons. The van der Waals surface area contributed by atoms with Crippen molar-refractivity contribution in [3.63, 3.8) is 0 Å². The van der Waals surface area contributed by atoms with Gasteiger partial charge < -0.3 is 4.98 Å². The number of fused-ring (bicyclic) bond motifs is 4. The first-order valence-electron chi connectivity index (χ1n) is 14.7. The number of hydrogen-bond acceptors (Lipinski definition) is 0. The molecule has 0 N–H and O–H groups in total. The quantitative estimate of drug-likeness (QED) is 0.128. The number of nitrogens with zero attached hydrogens (tertiary/aromatic N) is 3. The van der Waals surface area contributed by atoms with E-state index in [9.17, 15) is 0 Å². The second-order valence-electron chi connectivity index (χ2n) is 13.0. The molecule has 0 amide bonds. The molecule has 0 atom stereocenters. The van der Waals surface area contributed by atoms with Crippen molar-refractivity contribution in [1.29, 1.82) is 0 Å². The van der Waals surface area contributed by atoms with Crippen LogP contribution in [0.4, 0.5) is 22.7 Å². The van der Waals surface area contributed by atoms with E-state index in [2.05, 4.69) is 142 Å². The summed E-state index contributed by atoms with van der Waals surface area (Å²) in [5.41, 5.74) is 9.79. The van der Waals surface area contributed by atoms with Crippen LogP contribution >= 0.6 is 0 Å². The van der Waals surface area contributed by atoms with Crippen LogP contribution in [-0.2, 0) is 33.2 Å². The second-order valence-corrected chi connectivity index (χ2v) is 13.0. The first kappa shape index (κ1) is 30.5. The molecule has 1 aromatic heterocycles. The molecule has 7 rings (SSSR count). The summed E-state index contributed by atoms with van der Waals surface area (Å²) in [6.07, 6.45) is 0. The molecule has 1 aliphatic rings. The fourth-order valence-electron chi connectivity index (χ4n) is 5.36. The Morgan fingerprint density at radius 2 is 0.860 bits per heavy atom. The summed E-state index contributed by atoms with van der Waals surface area (Å²) in [5, 5.41) is 2.56. The molecule has 0 bridgehead atoms. The van der Waals surface area contributed by atoms with Crippen molar-refractivity contribution in [2.24, 2.45) is 0 Å². The number of benzene rings is 5. The van der Waals surface area contributed by atoms with Crippen molar-refractivity contribution in [3.05, 3.63) is 132 Å². The van der Waals surface area contributed by atoms with Crippen LogP contribution in [0.15, 0.2) is 121 Å². The Bertz CT molecular complexity index is 1830. The zero-order valence-electron chi connectivity index (χ0n) is 25.7. The third kappa shape index (κ3) is 6.22. The first-order valence-corrected chi connectivity index (χ1v) is 14.7. The summed E-state index contributed by atoms with van der Waals surface area (Å²) in [4.78, 5) is 4.76. The van der Waals surface area contributed by atoms with Crippen LogP contribution in [0.5, 0.6) is 0 Å². The van der Waals surface area contributed by atoms with Gasteiger partial charge in [0.25, 0.3) is 11.4 Å². The number of hydrogen-bond donors (Lipinski definition) is 0. The summed E-state index contributed by atoms with van der Waals surface area (Å²) in [6.45, 7) is 13.5. The van der Waals surface area contributed by atoms with E-state index in [1.54, 1.807) is 0 Å². The van der Waals surface area contributed by atoms with Crippen LogP contribution in [0.25, 0.3) is 21.8 Å². The summed E-state index contributed by atoms with van der Waals surface area (Å²) >= 11 is 0. The minimum absolute atomic E-state index is 0. The summed E-state index contributed by atoms with van der Waals surface area (Å²) < 4.78 is 4.20. The maximum absolute atomic E-state index is 4.76. The SMILES string of the molecule is C1=[N+](c2ccccc2)c2ccccc2[N+]=1c1ccccc1.CC(C)(C)c1ccc2[n-]c3ccc(C(C)(C)C)cc3c2c1.[Au+]. The molecule has 5 aromatic carbocycles. The van der Waals surface area contributed by atoms with E-state index in [-0.39, 0.29) is 33.2 Å². The Hall–Kier alpha value is -3.98. The minimum atomic E-state index is 0. The predicted octanol–water partition coefficient (Wildman–Crippen LogP) is 10.1. The average molecular weight is 746 g/mol. The van der Waals surface area contributed by atoms with E-state index in [0.29, 0.717) is 0 Å². The number of aromatic nitrogens is 1. The Kier molecular flexibility index (Phi) is 8.47. The summed E-state index contributed by atoms with van der Waals surface area (Å²) in [6, 6.07) is 45.8. The molecule has 3 nitrogen and oxygen atoms in total. The van der Waals surface area contributed by atoms with Gasteiger partial charge in [-0.3, -0.25) is 0 Å². The molecule has 2 heterocycles. The summed E-state index contributed by atoms with van der Waals surface area (Å²) in [5.74, 6) is 0. The normalized spacial score (nSPS) is 12.6. The van der Waals surface area contributed by atoms with Gasteiger partial charge in [0.1, 0.15) is 0 Å². The Labute approximate surface area is 270 Å². The van der Waals surface area contributed by atoms with E-state index < -0.39 is 0 Å². The van der Waals surface area contributed by atoms with Gasteiger partial charge in [-0.15, -0.1) is 11.0 Å². The maximum atomic E-state index is 4.76. The van der Waals surface area contributed by atoms with Gasteiger partial charge in [0.15, 0.2) is 0 Å². The molecular weight excluding hydrogens is 707 g/mol. The van der Waals surface area contributed by atoms with Gasteiger partial charge in [-0.2, -0.15) is 0 Å². The van der Waals surface area contributed by atoms with E-state index in [1.807, 2.05) is 36.4 Å². The molecule has 6 aromatic rings. The minimum Gasteiger partial charge on any atom is -0.657 e. The molecular formula is C39H38AuN3+2. The van der Waals surface area contributed by atoms with Crippen LogP contribution in [-0.4, -0.2) is 6.01 Å². The molecule has 0 aliphatic carbocycles. The molecule has 0 spiro atoms. The van der Waals surface area contributed by atoms with Crippen LogP contribution in [0.1, 0.15) is 52.7 Å². The van der Waals surface area contributed by atoms with Gasteiger partial charge in [0, 0.05) is 36.4 Å². The standard InChI is InChI=1S/C20H24N.C19H14N2.Au/c1-19(2,3)13-7-9-17-15(11-13)16-12-14(20(4,5)6)8-10-18(16)21-17;1-3-9-16(10-4-1)20-15-21(17-11-5-2-6-12-17)19-14-8-7-13-18(19)20;/h7-12H,1-6H3;1-14H;/q-1;+2;+1. The second kappa shape index (κ2) is 12.0. The zero-order valence-corrected chi connectivity index (χ0v) is 27.9. The van der Waals surface area contributed by atoms with E-state index in [4.69, 9.17) is 4.98 Å². The Balaban J connectivity index is 0.000000167. The topological polar surface area (TPSA) is 20.1 Å². The number of rotatable bonds is 2. The third-order valence-electron chi connectivity index (χ3n) is 7.85. The smallest absolute Gasteiger partial charge is 0.657 e. The van der Waals surface area contributed by atoms with Crippen LogP contribution in [0.3, 0.4) is 0 Å². The third-order valence-corrected chi connectivity index (χ3v) is 7.85. The van der Waals surface area contributed by atoms with Crippen molar-refractivity contribution < 1.29 is 22.4 Å². The molecule has 0 unspecified atom stereocenters. The van der Waals surface area contributed by atoms with Crippen molar-refractivity contribution in [3.8, 4) is 0 Å². The van der Waals surface area contributed by atoms with Crippen molar-refractivity contribution in [1.82, 2.24) is 14.1 Å². The zero-order chi connectivity index (χ0) is 29.5. The fourth-order valence-corrected chi connectivity index (χ4v) is 5.36. The molecule has 43 heavy (non-hydrogen) atoms. The van der Waals surface area contributed by atoms with Crippen LogP contribution in [0.2, 0.25) is 0 Å². The van der Waals surface area contributed by atoms with Gasteiger partial charge in [-0.25, -0.2) is 0 Å². The largest absolute Gasteiger partial charge is 1.00 e. The molecule has 0 saturated carbocycles. The van der Waals surface area contributed by atoms with Gasteiger partial charge >= 0.3 is 28.4 Å². The molecule has 4 heteroatoms. The monoisotopic (exact) mass is 745 g/mol. The first-order chi connectivity index (χ1) is 20.1. The Morgan fingerprint density at radius 1 is 0.488 bits per heavy atom. The van der Waals surface area contributed by atoms with Crippen molar-refractivity contribution in [2.75, 3.05) is 0 Å². The predicted molar refractivity (Wildman–Crippen MR) is 179 cm³/mol. The molecule has 0 saturated heterocycles. The van der Waals surface area contributed by atoms with Crippen molar-refractivity contribution in [2.45, 2.75) is 52.4 Å². The number of para-hydroxylation sites is 4. The van der Waals surface area contributed by atoms with Crippen molar-refractivity contribution >= 4 is 50.6 Å². The average Bonchev–Trinajstić information content (AvgIpc) is 3.56. The van der Waals surface area contributed by atoms with Gasteiger partial charge in [-0.05, 0) is 41.9 Å². The van der Waals surface area contributed by atoms with Gasteiger partial charge in [0.2, 0.25) is 11.4 Å². The van der Waals surface area contributed by atoms with Crippen LogP contribution in [0, 0.1) is 0 Å². The van der Waals surface area contributed by atoms with Gasteiger partial charge in [-0.1, -0.05) is 126 Å². The summed E-state index contributed by atoms with van der Waals surface area (Å²) in [7, 11) is 0.